The van der Waals surface area contributed by atoms with Gasteiger partial charge in [0.25, 0.3) is 0 Å². The monoisotopic (exact) mass is 261 g/mol. The predicted molar refractivity (Wildman–Crippen MR) is 61.0 cm³/mol. The molecule has 1 fully saturated rings. The highest BCUT2D eigenvalue weighted by Gasteiger charge is 2.48. The van der Waals surface area contributed by atoms with Crippen molar-refractivity contribution in [1.82, 2.24) is 4.90 Å². The summed E-state index contributed by atoms with van der Waals surface area (Å²) >= 11 is 0. The first-order valence-corrected chi connectivity index (χ1v) is 5.64. The maximum Gasteiger partial charge on any atom is 0.411 e. The van der Waals surface area contributed by atoms with E-state index >= 15 is 0 Å². The summed E-state index contributed by atoms with van der Waals surface area (Å²) in [6, 6.07) is -1.18. The zero-order valence-electron chi connectivity index (χ0n) is 10.7. The van der Waals surface area contributed by atoms with Crippen LogP contribution in [0, 0.1) is 0 Å². The van der Waals surface area contributed by atoms with Crippen LogP contribution in [-0.4, -0.2) is 62.7 Å². The summed E-state index contributed by atoms with van der Waals surface area (Å²) < 4.78 is 5.07. The third-order valence-corrected chi connectivity index (χ3v) is 2.62. The van der Waals surface area contributed by atoms with Crippen LogP contribution in [0.2, 0.25) is 0 Å². The summed E-state index contributed by atoms with van der Waals surface area (Å²) in [6.07, 6.45) is -1.02. The van der Waals surface area contributed by atoms with E-state index in [0.717, 1.165) is 4.90 Å². The number of carbonyl (C=O) groups is 2. The van der Waals surface area contributed by atoms with Gasteiger partial charge in [0.05, 0.1) is 13.2 Å². The second-order valence-corrected chi connectivity index (χ2v) is 5.55. The molecule has 0 aliphatic carbocycles. The number of likely N-dealkylation sites (tertiary alicyclic amines) is 1. The van der Waals surface area contributed by atoms with Crippen molar-refractivity contribution < 1.29 is 29.6 Å². The molecule has 0 aromatic rings. The van der Waals surface area contributed by atoms with E-state index in [0.29, 0.717) is 0 Å². The topological polar surface area (TPSA) is 107 Å². The van der Waals surface area contributed by atoms with Crippen LogP contribution in [0.15, 0.2) is 0 Å². The van der Waals surface area contributed by atoms with Gasteiger partial charge in [-0.25, -0.2) is 9.59 Å². The zero-order chi connectivity index (χ0) is 14.1. The Morgan fingerprint density at radius 1 is 1.44 bits per heavy atom. The van der Waals surface area contributed by atoms with Crippen molar-refractivity contribution in [2.24, 2.45) is 0 Å². The molecule has 0 bridgehead atoms. The van der Waals surface area contributed by atoms with Crippen LogP contribution in [0.25, 0.3) is 0 Å². The quantitative estimate of drug-likeness (QED) is 0.635. The van der Waals surface area contributed by atoms with Crippen molar-refractivity contribution in [3.63, 3.8) is 0 Å². The number of carbonyl (C=O) groups excluding carboxylic acids is 1. The lowest BCUT2D eigenvalue weighted by Crippen LogP contribution is -2.44. The minimum atomic E-state index is -1.58. The molecule has 1 aliphatic rings. The SMILES string of the molecule is CC(C)(C)OC(=O)N1C[C@](O)(CO)C[C@H]1C(=O)O. The highest BCUT2D eigenvalue weighted by molar-refractivity contribution is 5.81. The number of amides is 1. The van der Waals surface area contributed by atoms with Gasteiger partial charge in [0.15, 0.2) is 0 Å². The van der Waals surface area contributed by atoms with E-state index in [1.54, 1.807) is 20.8 Å². The second kappa shape index (κ2) is 4.74. The number of hydrogen-bond donors (Lipinski definition) is 3. The summed E-state index contributed by atoms with van der Waals surface area (Å²) in [5.74, 6) is -1.23. The van der Waals surface area contributed by atoms with Crippen molar-refractivity contribution in [1.29, 1.82) is 0 Å². The molecular formula is C11H19NO6. The molecule has 1 aliphatic heterocycles. The smallest absolute Gasteiger partial charge is 0.411 e. The summed E-state index contributed by atoms with van der Waals surface area (Å²) in [5, 5.41) is 27.9. The van der Waals surface area contributed by atoms with Crippen LogP contribution in [0.4, 0.5) is 4.79 Å². The van der Waals surface area contributed by atoms with Gasteiger partial charge in [-0.15, -0.1) is 0 Å². The van der Waals surface area contributed by atoms with Crippen LogP contribution in [0.5, 0.6) is 0 Å². The van der Waals surface area contributed by atoms with Gasteiger partial charge in [-0.1, -0.05) is 0 Å². The van der Waals surface area contributed by atoms with Crippen molar-refractivity contribution >= 4 is 12.1 Å². The zero-order valence-corrected chi connectivity index (χ0v) is 10.7. The highest BCUT2D eigenvalue weighted by Crippen LogP contribution is 2.28. The van der Waals surface area contributed by atoms with Crippen LogP contribution in [-0.2, 0) is 9.53 Å². The first-order chi connectivity index (χ1) is 8.08. The Morgan fingerprint density at radius 2 is 2.00 bits per heavy atom. The molecular weight excluding hydrogens is 242 g/mol. The number of ether oxygens (including phenoxy) is 1. The molecule has 1 heterocycles. The largest absolute Gasteiger partial charge is 0.480 e. The van der Waals surface area contributed by atoms with Crippen molar-refractivity contribution in [3.8, 4) is 0 Å². The van der Waals surface area contributed by atoms with E-state index in [1.165, 1.54) is 0 Å². The minimum absolute atomic E-state index is 0.210. The lowest BCUT2D eigenvalue weighted by atomic mass is 10.0. The Balaban J connectivity index is 2.85. The van der Waals surface area contributed by atoms with Gasteiger partial charge in [0.2, 0.25) is 0 Å². The van der Waals surface area contributed by atoms with Crippen LogP contribution >= 0.6 is 0 Å². The molecule has 0 spiro atoms. The first-order valence-electron chi connectivity index (χ1n) is 5.64. The van der Waals surface area contributed by atoms with Crippen LogP contribution < -0.4 is 0 Å². The molecule has 0 aromatic heterocycles. The number of carboxylic acid groups (broad SMARTS) is 1. The van der Waals surface area contributed by atoms with Gasteiger partial charge >= 0.3 is 12.1 Å². The molecule has 0 saturated carbocycles. The van der Waals surface area contributed by atoms with E-state index < -0.39 is 35.9 Å². The fraction of sp³-hybridized carbons (Fsp3) is 0.818. The summed E-state index contributed by atoms with van der Waals surface area (Å²) in [4.78, 5) is 23.8. The van der Waals surface area contributed by atoms with Gasteiger partial charge < -0.3 is 20.1 Å². The average molecular weight is 261 g/mol. The molecule has 7 heteroatoms. The molecule has 0 aromatic carbocycles. The fourth-order valence-corrected chi connectivity index (χ4v) is 1.81. The van der Waals surface area contributed by atoms with Crippen molar-refractivity contribution in [2.75, 3.05) is 13.2 Å². The number of nitrogens with zero attached hydrogens (tertiary/aromatic N) is 1. The van der Waals surface area contributed by atoms with Crippen molar-refractivity contribution in [3.05, 3.63) is 0 Å². The van der Waals surface area contributed by atoms with Gasteiger partial charge in [-0.3, -0.25) is 4.90 Å². The molecule has 104 valence electrons. The number of rotatable bonds is 2. The average Bonchev–Trinajstić information content (AvgIpc) is 2.55. The Morgan fingerprint density at radius 3 is 2.39 bits per heavy atom. The Bertz CT molecular complexity index is 350. The highest BCUT2D eigenvalue weighted by atomic mass is 16.6. The van der Waals surface area contributed by atoms with E-state index in [1.807, 2.05) is 0 Å². The third-order valence-electron chi connectivity index (χ3n) is 2.62. The van der Waals surface area contributed by atoms with Crippen LogP contribution in [0.3, 0.4) is 0 Å². The maximum atomic E-state index is 11.8. The van der Waals surface area contributed by atoms with E-state index in [-0.39, 0.29) is 13.0 Å². The van der Waals surface area contributed by atoms with Crippen molar-refractivity contribution in [2.45, 2.75) is 44.4 Å². The third kappa shape index (κ3) is 3.33. The van der Waals surface area contributed by atoms with Gasteiger partial charge in [0.1, 0.15) is 17.2 Å². The number of aliphatic carboxylic acids is 1. The van der Waals surface area contributed by atoms with Gasteiger partial charge in [0, 0.05) is 6.42 Å². The Hall–Kier alpha value is -1.34. The lowest BCUT2D eigenvalue weighted by molar-refractivity contribution is -0.142. The number of hydrogen-bond acceptors (Lipinski definition) is 5. The molecule has 2 atom stereocenters. The molecule has 0 unspecified atom stereocenters. The fourth-order valence-electron chi connectivity index (χ4n) is 1.81. The second-order valence-electron chi connectivity index (χ2n) is 5.55. The van der Waals surface area contributed by atoms with Gasteiger partial charge in [-0.2, -0.15) is 0 Å². The van der Waals surface area contributed by atoms with Gasteiger partial charge in [-0.05, 0) is 20.8 Å². The Kier molecular flexibility index (Phi) is 3.87. The summed E-state index contributed by atoms with van der Waals surface area (Å²) in [5.41, 5.74) is -2.33. The minimum Gasteiger partial charge on any atom is -0.480 e. The number of carboxylic acids is 1. The maximum absolute atomic E-state index is 11.8. The number of aliphatic hydroxyl groups excluding tert-OH is 1. The normalized spacial score (nSPS) is 28.3. The Labute approximate surface area is 105 Å². The first kappa shape index (κ1) is 14.7. The molecule has 3 N–H and O–H groups in total. The number of aliphatic hydroxyl groups is 2. The van der Waals surface area contributed by atoms with Crippen LogP contribution in [0.1, 0.15) is 27.2 Å². The standard InChI is InChI=1S/C11H19NO6/c1-10(2,3)18-9(16)12-5-11(17,6-13)4-7(12)8(14)15/h7,13,17H,4-6H2,1-3H3,(H,14,15)/t7-,11-/m0/s1. The van der Waals surface area contributed by atoms with E-state index in [2.05, 4.69) is 0 Å². The molecule has 1 rings (SSSR count). The number of β-amino-alcohol motifs (C(OH)–C–C–N with tert-alkyl or cyclic N) is 1. The summed E-state index contributed by atoms with van der Waals surface area (Å²) in [7, 11) is 0. The molecule has 7 nitrogen and oxygen atoms in total. The molecule has 0 radical (unpaired) electrons. The van der Waals surface area contributed by atoms with E-state index in [4.69, 9.17) is 14.9 Å². The molecule has 1 saturated heterocycles. The lowest BCUT2D eigenvalue weighted by Gasteiger charge is -2.27. The summed E-state index contributed by atoms with van der Waals surface area (Å²) in [6.45, 7) is 4.13. The molecule has 18 heavy (non-hydrogen) atoms. The predicted octanol–water partition coefficient (Wildman–Crippen LogP) is -0.196. The molecule has 1 amide bonds. The van der Waals surface area contributed by atoms with E-state index in [9.17, 15) is 14.7 Å².